The number of carbonyl (C=O) groups is 1. The minimum Gasteiger partial charge on any atom is -0.507 e. The summed E-state index contributed by atoms with van der Waals surface area (Å²) in [5, 5.41) is 21.4. The van der Waals surface area contributed by atoms with Crippen LogP contribution in [0, 0.1) is 6.92 Å². The van der Waals surface area contributed by atoms with Gasteiger partial charge in [-0.1, -0.05) is 23.8 Å². The van der Waals surface area contributed by atoms with Crippen molar-refractivity contribution in [2.24, 2.45) is 15.3 Å². The summed E-state index contributed by atoms with van der Waals surface area (Å²) < 4.78 is 43.7. The number of phenols is 1. The highest BCUT2D eigenvalue weighted by Crippen LogP contribution is 2.32. The van der Waals surface area contributed by atoms with Crippen LogP contribution in [0.25, 0.3) is 0 Å². The molecule has 3 aromatic carbocycles. The molecular formula is C23H19F3N4O3. The van der Waals surface area contributed by atoms with E-state index in [-0.39, 0.29) is 29.3 Å². The summed E-state index contributed by atoms with van der Waals surface area (Å²) in [5.41, 5.74) is 3.01. The molecule has 1 amide bonds. The Morgan fingerprint density at radius 1 is 1.03 bits per heavy atom. The lowest BCUT2D eigenvalue weighted by Gasteiger charge is -2.06. The fraction of sp³-hybridized carbons (Fsp3) is 0.130. The van der Waals surface area contributed by atoms with E-state index in [2.05, 4.69) is 20.8 Å². The van der Waals surface area contributed by atoms with Gasteiger partial charge in [-0.2, -0.15) is 28.5 Å². The zero-order valence-electron chi connectivity index (χ0n) is 17.4. The number of aromatic hydroxyl groups is 1. The fourth-order valence-electron chi connectivity index (χ4n) is 2.56. The summed E-state index contributed by atoms with van der Waals surface area (Å²) >= 11 is 0. The Kier molecular flexibility index (Phi) is 7.39. The topological polar surface area (TPSA) is 95.6 Å². The molecule has 0 aromatic heterocycles. The maximum atomic E-state index is 12.8. The number of nitrogens with one attached hydrogen (secondary N) is 1. The van der Waals surface area contributed by atoms with Crippen molar-refractivity contribution in [2.75, 3.05) is 6.61 Å². The third kappa shape index (κ3) is 7.17. The van der Waals surface area contributed by atoms with Crippen molar-refractivity contribution < 1.29 is 27.8 Å². The minimum absolute atomic E-state index is 0.0222. The van der Waals surface area contributed by atoms with Crippen LogP contribution in [-0.2, 0) is 11.0 Å². The Morgan fingerprint density at radius 2 is 1.73 bits per heavy atom. The van der Waals surface area contributed by atoms with E-state index in [4.69, 9.17) is 4.74 Å². The molecule has 3 rings (SSSR count). The van der Waals surface area contributed by atoms with Crippen molar-refractivity contribution >= 4 is 23.5 Å². The first-order valence-corrected chi connectivity index (χ1v) is 9.64. The van der Waals surface area contributed by atoms with Crippen molar-refractivity contribution in [2.45, 2.75) is 13.1 Å². The predicted octanol–water partition coefficient (Wildman–Crippen LogP) is 5.66. The van der Waals surface area contributed by atoms with Crippen LogP contribution >= 0.6 is 0 Å². The van der Waals surface area contributed by atoms with E-state index in [1.165, 1.54) is 36.5 Å². The molecule has 0 aliphatic rings. The van der Waals surface area contributed by atoms with E-state index >= 15 is 0 Å². The molecule has 170 valence electrons. The highest BCUT2D eigenvalue weighted by molar-refractivity contribution is 5.86. The molecule has 0 radical (unpaired) electrons. The molecule has 0 bridgehead atoms. The first-order chi connectivity index (χ1) is 15.7. The van der Waals surface area contributed by atoms with Gasteiger partial charge in [-0.15, -0.1) is 0 Å². The smallest absolute Gasteiger partial charge is 0.416 e. The van der Waals surface area contributed by atoms with Crippen LogP contribution in [0.2, 0.25) is 0 Å². The van der Waals surface area contributed by atoms with E-state index in [9.17, 15) is 23.1 Å². The van der Waals surface area contributed by atoms with Crippen LogP contribution in [0.4, 0.5) is 24.5 Å². The van der Waals surface area contributed by atoms with Crippen LogP contribution in [0.3, 0.4) is 0 Å². The molecule has 0 heterocycles. The first-order valence-electron chi connectivity index (χ1n) is 9.64. The second-order valence-corrected chi connectivity index (χ2v) is 6.89. The first kappa shape index (κ1) is 23.5. The molecule has 7 nitrogen and oxygen atoms in total. The quantitative estimate of drug-likeness (QED) is 0.273. The highest BCUT2D eigenvalue weighted by Gasteiger charge is 2.30. The van der Waals surface area contributed by atoms with Crippen molar-refractivity contribution in [1.82, 2.24) is 5.43 Å². The number of rotatable bonds is 7. The lowest BCUT2D eigenvalue weighted by atomic mass is 10.2. The Bertz CT molecular complexity index is 1180. The molecule has 0 spiro atoms. The van der Waals surface area contributed by atoms with Crippen molar-refractivity contribution in [1.29, 1.82) is 0 Å². The number of alkyl halides is 3. The van der Waals surface area contributed by atoms with Gasteiger partial charge in [0.25, 0.3) is 5.91 Å². The number of hydrogen-bond acceptors (Lipinski definition) is 6. The molecule has 0 saturated carbocycles. The number of halogens is 3. The van der Waals surface area contributed by atoms with E-state index in [0.717, 1.165) is 17.7 Å². The predicted molar refractivity (Wildman–Crippen MR) is 116 cm³/mol. The van der Waals surface area contributed by atoms with Crippen LogP contribution in [0.5, 0.6) is 11.5 Å². The number of benzene rings is 3. The third-order valence-electron chi connectivity index (χ3n) is 4.25. The lowest BCUT2D eigenvalue weighted by Crippen LogP contribution is -2.24. The van der Waals surface area contributed by atoms with Crippen LogP contribution in [0.15, 0.2) is 82.1 Å². The summed E-state index contributed by atoms with van der Waals surface area (Å²) in [6, 6.07) is 15.8. The zero-order chi connectivity index (χ0) is 23.8. The fourth-order valence-corrected chi connectivity index (χ4v) is 2.56. The molecule has 10 heteroatoms. The molecule has 0 aliphatic carbocycles. The standard InChI is InChI=1S/C23H19F3N4O3/c1-15-5-8-20(9-6-15)33-14-22(32)30-27-13-16-11-19(7-10-21(16)31)29-28-18-4-2-3-17(12-18)23(24,25)26/h2-13,31H,14H2,1H3,(H,30,32)/b27-13+,29-28?. The number of carbonyl (C=O) groups excluding carboxylic acids is 1. The van der Waals surface area contributed by atoms with E-state index < -0.39 is 17.6 Å². The number of hydrogen-bond donors (Lipinski definition) is 2. The maximum absolute atomic E-state index is 12.8. The van der Waals surface area contributed by atoms with Gasteiger partial charge in [0, 0.05) is 5.56 Å². The van der Waals surface area contributed by atoms with Gasteiger partial charge < -0.3 is 9.84 Å². The van der Waals surface area contributed by atoms with Crippen LogP contribution in [-0.4, -0.2) is 23.8 Å². The SMILES string of the molecule is Cc1ccc(OCC(=O)N/N=C/c2cc(N=Nc3cccc(C(F)(F)F)c3)ccc2O)cc1. The van der Waals surface area contributed by atoms with E-state index in [1.54, 1.807) is 12.1 Å². The molecule has 3 aromatic rings. The van der Waals surface area contributed by atoms with Gasteiger partial charge in [0.15, 0.2) is 6.61 Å². The Morgan fingerprint density at radius 3 is 2.42 bits per heavy atom. The molecule has 2 N–H and O–H groups in total. The van der Waals surface area contributed by atoms with E-state index in [0.29, 0.717) is 5.75 Å². The second kappa shape index (κ2) is 10.4. The average Bonchev–Trinajstić information content (AvgIpc) is 2.78. The molecule has 0 fully saturated rings. The van der Waals surface area contributed by atoms with Crippen LogP contribution < -0.4 is 10.2 Å². The number of ether oxygens (including phenoxy) is 1. The largest absolute Gasteiger partial charge is 0.507 e. The normalized spacial score (nSPS) is 11.8. The number of nitrogens with zero attached hydrogens (tertiary/aromatic N) is 3. The van der Waals surface area contributed by atoms with Gasteiger partial charge in [-0.3, -0.25) is 4.79 Å². The highest BCUT2D eigenvalue weighted by atomic mass is 19.4. The molecule has 0 aliphatic heterocycles. The summed E-state index contributed by atoms with van der Waals surface area (Å²) in [7, 11) is 0. The Hall–Kier alpha value is -4.21. The van der Waals surface area contributed by atoms with Crippen molar-refractivity contribution in [3.63, 3.8) is 0 Å². The molecule has 0 saturated heterocycles. The van der Waals surface area contributed by atoms with Gasteiger partial charge >= 0.3 is 6.18 Å². The van der Waals surface area contributed by atoms with Gasteiger partial charge in [0.2, 0.25) is 0 Å². The van der Waals surface area contributed by atoms with Crippen molar-refractivity contribution in [3.05, 3.63) is 83.4 Å². The third-order valence-corrected chi connectivity index (χ3v) is 4.25. The summed E-state index contributed by atoms with van der Waals surface area (Å²) in [6.45, 7) is 1.68. The van der Waals surface area contributed by atoms with Gasteiger partial charge in [-0.05, 0) is 55.5 Å². The van der Waals surface area contributed by atoms with Crippen LogP contribution in [0.1, 0.15) is 16.7 Å². The minimum atomic E-state index is -4.48. The summed E-state index contributed by atoms with van der Waals surface area (Å²) in [6.07, 6.45) is -3.29. The maximum Gasteiger partial charge on any atom is 0.416 e. The number of hydrazone groups is 1. The van der Waals surface area contributed by atoms with Gasteiger partial charge in [-0.25, -0.2) is 5.43 Å². The summed E-state index contributed by atoms with van der Waals surface area (Å²) in [4.78, 5) is 11.9. The number of phenolic OH excluding ortho intramolecular Hbond substituents is 1. The number of amides is 1. The molecule has 33 heavy (non-hydrogen) atoms. The van der Waals surface area contributed by atoms with Gasteiger partial charge in [0.05, 0.1) is 23.2 Å². The van der Waals surface area contributed by atoms with Crippen molar-refractivity contribution in [3.8, 4) is 11.5 Å². The monoisotopic (exact) mass is 456 g/mol. The number of azo groups is 1. The molecule has 0 unspecified atom stereocenters. The number of aryl methyl sites for hydroxylation is 1. The zero-order valence-corrected chi connectivity index (χ0v) is 17.4. The summed E-state index contributed by atoms with van der Waals surface area (Å²) in [5.74, 6) is -0.107. The van der Waals surface area contributed by atoms with E-state index in [1.807, 2.05) is 19.1 Å². The Labute approximate surface area is 187 Å². The Balaban J connectivity index is 1.60. The average molecular weight is 456 g/mol. The van der Waals surface area contributed by atoms with Gasteiger partial charge in [0.1, 0.15) is 11.5 Å². The molecular weight excluding hydrogens is 437 g/mol. The molecule has 0 atom stereocenters. The second-order valence-electron chi connectivity index (χ2n) is 6.89. The lowest BCUT2D eigenvalue weighted by molar-refractivity contribution is -0.137.